The van der Waals surface area contributed by atoms with E-state index in [0.29, 0.717) is 22.7 Å². The number of ether oxygens (including phenoxy) is 2. The Labute approximate surface area is 97.5 Å². The van der Waals surface area contributed by atoms with Crippen molar-refractivity contribution in [1.82, 2.24) is 0 Å². The molecule has 0 aliphatic rings. The van der Waals surface area contributed by atoms with Crippen LogP contribution in [0.25, 0.3) is 0 Å². The average molecular weight is 277 g/mol. The highest BCUT2D eigenvalue weighted by atomic mass is 79.9. The van der Waals surface area contributed by atoms with Gasteiger partial charge < -0.3 is 9.47 Å². The van der Waals surface area contributed by atoms with E-state index in [1.54, 1.807) is 12.1 Å². The lowest BCUT2D eigenvalue weighted by molar-refractivity contribution is 0.244. The van der Waals surface area contributed by atoms with Gasteiger partial charge in [-0.25, -0.2) is 4.39 Å². The van der Waals surface area contributed by atoms with Crippen molar-refractivity contribution in [3.05, 3.63) is 22.4 Å². The molecular weight excluding hydrogens is 263 g/mol. The van der Waals surface area contributed by atoms with Crippen LogP contribution in [0.4, 0.5) is 4.39 Å². The van der Waals surface area contributed by atoms with Crippen LogP contribution in [0.5, 0.6) is 11.5 Å². The second-order valence-corrected chi connectivity index (χ2v) is 4.45. The van der Waals surface area contributed by atoms with Gasteiger partial charge in [-0.3, -0.25) is 0 Å². The molecule has 0 spiro atoms. The Morgan fingerprint density at radius 1 is 1.40 bits per heavy atom. The van der Waals surface area contributed by atoms with Gasteiger partial charge in [-0.2, -0.15) is 0 Å². The Morgan fingerprint density at radius 3 is 2.60 bits per heavy atom. The van der Waals surface area contributed by atoms with Crippen LogP contribution in [0.3, 0.4) is 0 Å². The summed E-state index contributed by atoms with van der Waals surface area (Å²) in [5, 5.41) is 0. The molecule has 0 aliphatic heterocycles. The Bertz CT molecular complexity index is 340. The zero-order chi connectivity index (χ0) is 11.4. The maximum absolute atomic E-state index is 13.6. The van der Waals surface area contributed by atoms with E-state index in [1.807, 2.05) is 13.8 Å². The Kier molecular flexibility index (Phi) is 4.39. The first kappa shape index (κ1) is 12.3. The highest BCUT2D eigenvalue weighted by molar-refractivity contribution is 9.10. The highest BCUT2D eigenvalue weighted by Gasteiger charge is 2.14. The molecule has 15 heavy (non-hydrogen) atoms. The average Bonchev–Trinajstić information content (AvgIpc) is 2.20. The van der Waals surface area contributed by atoms with Crippen LogP contribution in [0, 0.1) is 11.7 Å². The highest BCUT2D eigenvalue weighted by Crippen LogP contribution is 2.34. The first-order valence-corrected chi connectivity index (χ1v) is 5.50. The third-order valence-electron chi connectivity index (χ3n) is 1.79. The second-order valence-electron chi connectivity index (χ2n) is 3.60. The molecule has 0 aromatic heterocycles. The fourth-order valence-electron chi connectivity index (χ4n) is 1.06. The van der Waals surface area contributed by atoms with Gasteiger partial charge in [0, 0.05) is 0 Å². The summed E-state index contributed by atoms with van der Waals surface area (Å²) in [6, 6.07) is 3.26. The van der Waals surface area contributed by atoms with Crippen LogP contribution in [0.1, 0.15) is 13.8 Å². The van der Waals surface area contributed by atoms with E-state index < -0.39 is 5.82 Å². The largest absolute Gasteiger partial charge is 0.493 e. The molecule has 1 aromatic carbocycles. The summed E-state index contributed by atoms with van der Waals surface area (Å²) in [7, 11) is 1.49. The predicted molar refractivity (Wildman–Crippen MR) is 61.0 cm³/mol. The van der Waals surface area contributed by atoms with Crippen molar-refractivity contribution in [2.45, 2.75) is 13.8 Å². The van der Waals surface area contributed by atoms with Crippen molar-refractivity contribution in [2.24, 2.45) is 5.92 Å². The van der Waals surface area contributed by atoms with Crippen molar-refractivity contribution in [2.75, 3.05) is 13.7 Å². The molecule has 4 heteroatoms. The maximum Gasteiger partial charge on any atom is 0.198 e. The van der Waals surface area contributed by atoms with E-state index in [4.69, 9.17) is 9.47 Å². The number of hydrogen-bond acceptors (Lipinski definition) is 2. The molecule has 0 aliphatic carbocycles. The topological polar surface area (TPSA) is 18.5 Å². The second kappa shape index (κ2) is 5.35. The summed E-state index contributed by atoms with van der Waals surface area (Å²) < 4.78 is 24.4. The van der Waals surface area contributed by atoms with Crippen LogP contribution in [0.2, 0.25) is 0 Å². The van der Waals surface area contributed by atoms with Gasteiger partial charge in [0.1, 0.15) is 0 Å². The molecular formula is C11H14BrFO2. The van der Waals surface area contributed by atoms with Crippen LogP contribution in [0.15, 0.2) is 16.6 Å². The van der Waals surface area contributed by atoms with Gasteiger partial charge in [0.2, 0.25) is 0 Å². The zero-order valence-corrected chi connectivity index (χ0v) is 10.6. The molecule has 0 saturated heterocycles. The van der Waals surface area contributed by atoms with Gasteiger partial charge in [-0.15, -0.1) is 0 Å². The minimum absolute atomic E-state index is 0.167. The third kappa shape index (κ3) is 3.09. The summed E-state index contributed by atoms with van der Waals surface area (Å²) in [6.07, 6.45) is 0. The Hall–Kier alpha value is -0.770. The van der Waals surface area contributed by atoms with Crippen molar-refractivity contribution in [3.8, 4) is 11.5 Å². The quantitative estimate of drug-likeness (QED) is 0.836. The first-order chi connectivity index (χ1) is 7.06. The lowest BCUT2D eigenvalue weighted by atomic mass is 10.2. The van der Waals surface area contributed by atoms with Crippen LogP contribution in [-0.4, -0.2) is 13.7 Å². The molecule has 0 radical (unpaired) electrons. The molecule has 0 amide bonds. The molecule has 0 bridgehead atoms. The van der Waals surface area contributed by atoms with Crippen molar-refractivity contribution >= 4 is 15.9 Å². The first-order valence-electron chi connectivity index (χ1n) is 4.71. The van der Waals surface area contributed by atoms with Crippen molar-refractivity contribution in [1.29, 1.82) is 0 Å². The zero-order valence-electron chi connectivity index (χ0n) is 9.01. The Balaban J connectivity index is 2.96. The summed E-state index contributed by atoms with van der Waals surface area (Å²) in [4.78, 5) is 0. The molecule has 0 N–H and O–H groups in total. The fraction of sp³-hybridized carbons (Fsp3) is 0.455. The van der Waals surface area contributed by atoms with E-state index in [1.165, 1.54) is 7.11 Å². The van der Waals surface area contributed by atoms with E-state index in [9.17, 15) is 4.39 Å². The van der Waals surface area contributed by atoms with Crippen LogP contribution >= 0.6 is 15.9 Å². The van der Waals surface area contributed by atoms with Gasteiger partial charge in [-0.05, 0) is 34.0 Å². The Morgan fingerprint density at radius 2 is 2.07 bits per heavy atom. The molecule has 0 fully saturated rings. The van der Waals surface area contributed by atoms with E-state index >= 15 is 0 Å². The number of methoxy groups -OCH3 is 1. The van der Waals surface area contributed by atoms with Crippen LogP contribution in [-0.2, 0) is 0 Å². The minimum atomic E-state index is -0.421. The number of rotatable bonds is 4. The molecule has 84 valence electrons. The van der Waals surface area contributed by atoms with Crippen molar-refractivity contribution < 1.29 is 13.9 Å². The summed E-state index contributed by atoms with van der Waals surface area (Å²) in [6.45, 7) is 4.47. The van der Waals surface area contributed by atoms with Gasteiger partial charge in [0.05, 0.1) is 18.2 Å². The van der Waals surface area contributed by atoms with E-state index in [2.05, 4.69) is 15.9 Å². The third-order valence-corrected chi connectivity index (χ3v) is 2.41. The predicted octanol–water partition coefficient (Wildman–Crippen LogP) is 3.63. The normalized spacial score (nSPS) is 10.5. The summed E-state index contributed by atoms with van der Waals surface area (Å²) in [5.74, 6) is 0.500. The van der Waals surface area contributed by atoms with E-state index in [-0.39, 0.29) is 5.75 Å². The molecule has 1 rings (SSSR count). The number of halogens is 2. The smallest absolute Gasteiger partial charge is 0.198 e. The monoisotopic (exact) mass is 276 g/mol. The fourth-order valence-corrected chi connectivity index (χ4v) is 1.37. The van der Waals surface area contributed by atoms with Gasteiger partial charge in [-0.1, -0.05) is 13.8 Å². The van der Waals surface area contributed by atoms with Crippen LogP contribution < -0.4 is 9.47 Å². The lowest BCUT2D eigenvalue weighted by Gasteiger charge is -2.13. The molecule has 2 nitrogen and oxygen atoms in total. The van der Waals surface area contributed by atoms with Crippen molar-refractivity contribution in [3.63, 3.8) is 0 Å². The minimum Gasteiger partial charge on any atom is -0.493 e. The lowest BCUT2D eigenvalue weighted by Crippen LogP contribution is -2.07. The molecule has 1 aromatic rings. The molecule has 0 atom stereocenters. The SMILES string of the molecule is COc1ccc(Br)c(F)c1OCC(C)C. The number of benzene rings is 1. The van der Waals surface area contributed by atoms with Gasteiger partial charge in [0.15, 0.2) is 17.3 Å². The standard InChI is InChI=1S/C11H14BrFO2/c1-7(2)6-15-11-9(14-3)5-4-8(12)10(11)13/h4-5,7H,6H2,1-3H3. The molecule has 0 heterocycles. The van der Waals surface area contributed by atoms with Gasteiger partial charge >= 0.3 is 0 Å². The van der Waals surface area contributed by atoms with Gasteiger partial charge in [0.25, 0.3) is 0 Å². The molecule has 0 saturated carbocycles. The number of hydrogen-bond donors (Lipinski definition) is 0. The van der Waals surface area contributed by atoms with E-state index in [0.717, 1.165) is 0 Å². The molecule has 0 unspecified atom stereocenters. The maximum atomic E-state index is 13.6. The summed E-state index contributed by atoms with van der Waals surface area (Å²) >= 11 is 3.11. The summed E-state index contributed by atoms with van der Waals surface area (Å²) in [5.41, 5.74) is 0.